The molecule has 2 rings (SSSR count). The highest BCUT2D eigenvalue weighted by atomic mass is 19.1. The van der Waals surface area contributed by atoms with Crippen molar-refractivity contribution in [2.45, 2.75) is 18.9 Å². The molecule has 0 saturated carbocycles. The van der Waals surface area contributed by atoms with Crippen LogP contribution in [0.3, 0.4) is 0 Å². The minimum absolute atomic E-state index is 0.0370. The molecule has 2 N–H and O–H groups in total. The molecule has 1 aromatic rings. The number of ether oxygens (including phenoxy) is 1. The average Bonchev–Trinajstić information content (AvgIpc) is 2.46. The van der Waals surface area contributed by atoms with E-state index >= 15 is 0 Å². The Morgan fingerprint density at radius 1 is 1.48 bits per heavy atom. The Bertz CT molecular complexity index is 496. The van der Waals surface area contributed by atoms with E-state index in [0.29, 0.717) is 38.2 Å². The molecule has 0 fully saturated rings. The van der Waals surface area contributed by atoms with Gasteiger partial charge < -0.3 is 20.1 Å². The second-order valence-electron chi connectivity index (χ2n) is 5.13. The van der Waals surface area contributed by atoms with Crippen molar-refractivity contribution in [2.75, 3.05) is 38.3 Å². The lowest BCUT2D eigenvalue weighted by atomic mass is 10.0. The van der Waals surface area contributed by atoms with Gasteiger partial charge in [0.25, 0.3) is 0 Å². The van der Waals surface area contributed by atoms with Gasteiger partial charge in [0.2, 0.25) is 5.91 Å². The van der Waals surface area contributed by atoms with Crippen molar-refractivity contribution in [3.05, 3.63) is 29.6 Å². The number of aryl methyl sites for hydroxylation is 1. The standard InChI is InChI=1S/C15H21FN2O3/c1-21-7-6-17-9-13(19)10-18-14-4-3-12(16)8-11(14)2-5-15(18)20/h3-4,8,13,17,19H,2,5-7,9-10H2,1H3. The molecule has 0 aliphatic carbocycles. The molecule has 0 spiro atoms. The Kier molecular flexibility index (Phi) is 5.67. The van der Waals surface area contributed by atoms with Crippen molar-refractivity contribution in [3.8, 4) is 0 Å². The van der Waals surface area contributed by atoms with E-state index in [4.69, 9.17) is 4.74 Å². The average molecular weight is 296 g/mol. The Labute approximate surface area is 123 Å². The van der Waals surface area contributed by atoms with Crippen LogP contribution in [0.5, 0.6) is 0 Å². The minimum atomic E-state index is -0.679. The summed E-state index contributed by atoms with van der Waals surface area (Å²) in [5, 5.41) is 13.1. The maximum absolute atomic E-state index is 13.2. The molecule has 6 heteroatoms. The largest absolute Gasteiger partial charge is 0.390 e. The topological polar surface area (TPSA) is 61.8 Å². The van der Waals surface area contributed by atoms with E-state index in [0.717, 1.165) is 5.56 Å². The summed E-state index contributed by atoms with van der Waals surface area (Å²) in [6.07, 6.45) is 0.215. The Morgan fingerprint density at radius 2 is 2.29 bits per heavy atom. The van der Waals surface area contributed by atoms with Gasteiger partial charge in [0.05, 0.1) is 19.3 Å². The van der Waals surface area contributed by atoms with Gasteiger partial charge in [0.15, 0.2) is 0 Å². The molecule has 1 aliphatic rings. The molecule has 116 valence electrons. The van der Waals surface area contributed by atoms with Crippen molar-refractivity contribution >= 4 is 11.6 Å². The molecule has 1 atom stereocenters. The van der Waals surface area contributed by atoms with Crippen molar-refractivity contribution < 1.29 is 19.0 Å². The van der Waals surface area contributed by atoms with Gasteiger partial charge in [-0.3, -0.25) is 4.79 Å². The number of nitrogens with zero attached hydrogens (tertiary/aromatic N) is 1. The summed E-state index contributed by atoms with van der Waals surface area (Å²) < 4.78 is 18.1. The van der Waals surface area contributed by atoms with Crippen LogP contribution in [0.15, 0.2) is 18.2 Å². The zero-order valence-electron chi connectivity index (χ0n) is 12.1. The number of methoxy groups -OCH3 is 1. The number of aliphatic hydroxyl groups is 1. The minimum Gasteiger partial charge on any atom is -0.390 e. The van der Waals surface area contributed by atoms with Crippen LogP contribution in [-0.4, -0.2) is 50.5 Å². The summed E-state index contributed by atoms with van der Waals surface area (Å²) in [4.78, 5) is 13.6. The maximum atomic E-state index is 13.2. The van der Waals surface area contributed by atoms with Gasteiger partial charge in [-0.05, 0) is 30.2 Å². The molecule has 0 saturated heterocycles. The van der Waals surface area contributed by atoms with E-state index in [-0.39, 0.29) is 18.3 Å². The van der Waals surface area contributed by atoms with Gasteiger partial charge in [-0.25, -0.2) is 4.39 Å². The summed E-state index contributed by atoms with van der Waals surface area (Å²) in [5.41, 5.74) is 1.51. The third-order valence-electron chi connectivity index (χ3n) is 3.50. The Balaban J connectivity index is 1.97. The molecule has 1 amide bonds. The lowest BCUT2D eigenvalue weighted by Crippen LogP contribution is -2.44. The molecule has 21 heavy (non-hydrogen) atoms. The highest BCUT2D eigenvalue weighted by Crippen LogP contribution is 2.28. The fourth-order valence-corrected chi connectivity index (χ4v) is 2.45. The van der Waals surface area contributed by atoms with Crippen LogP contribution < -0.4 is 10.2 Å². The first-order valence-corrected chi connectivity index (χ1v) is 7.08. The summed E-state index contributed by atoms with van der Waals surface area (Å²) >= 11 is 0. The molecule has 0 aromatic heterocycles. The number of hydrogen-bond donors (Lipinski definition) is 2. The summed E-state index contributed by atoms with van der Waals surface area (Å²) in [7, 11) is 1.61. The molecule has 1 heterocycles. The number of β-amino-alcohol motifs (C(OH)–C–C–N with tert-alkyl or cyclic N) is 1. The molecule has 5 nitrogen and oxygen atoms in total. The molecule has 1 aromatic carbocycles. The third-order valence-corrected chi connectivity index (χ3v) is 3.50. The maximum Gasteiger partial charge on any atom is 0.227 e. The van der Waals surface area contributed by atoms with Gasteiger partial charge in [0, 0.05) is 32.3 Å². The number of nitrogens with one attached hydrogen (secondary N) is 1. The second-order valence-corrected chi connectivity index (χ2v) is 5.13. The van der Waals surface area contributed by atoms with Crippen molar-refractivity contribution in [1.82, 2.24) is 5.32 Å². The van der Waals surface area contributed by atoms with E-state index in [1.54, 1.807) is 18.1 Å². The second kappa shape index (κ2) is 7.49. The number of rotatable bonds is 7. The van der Waals surface area contributed by atoms with Crippen LogP contribution in [-0.2, 0) is 16.0 Å². The van der Waals surface area contributed by atoms with Crippen molar-refractivity contribution in [1.29, 1.82) is 0 Å². The highest BCUT2D eigenvalue weighted by Gasteiger charge is 2.26. The van der Waals surface area contributed by atoms with Crippen molar-refractivity contribution in [2.24, 2.45) is 0 Å². The third kappa shape index (κ3) is 4.23. The fourth-order valence-electron chi connectivity index (χ4n) is 2.45. The number of hydrogen-bond acceptors (Lipinski definition) is 4. The SMILES string of the molecule is COCCNCC(O)CN1C(=O)CCc2cc(F)ccc21. The normalized spacial score (nSPS) is 16.0. The first kappa shape index (κ1) is 15.9. The smallest absolute Gasteiger partial charge is 0.227 e. The van der Waals surface area contributed by atoms with E-state index in [1.807, 2.05) is 0 Å². The van der Waals surface area contributed by atoms with Gasteiger partial charge in [0.1, 0.15) is 5.82 Å². The van der Waals surface area contributed by atoms with Crippen LogP contribution in [0.2, 0.25) is 0 Å². The van der Waals surface area contributed by atoms with Crippen LogP contribution in [0, 0.1) is 5.82 Å². The molecule has 1 aliphatic heterocycles. The van der Waals surface area contributed by atoms with Crippen molar-refractivity contribution in [3.63, 3.8) is 0 Å². The zero-order valence-corrected chi connectivity index (χ0v) is 12.1. The van der Waals surface area contributed by atoms with Crippen LogP contribution in [0.1, 0.15) is 12.0 Å². The Morgan fingerprint density at radius 3 is 3.05 bits per heavy atom. The van der Waals surface area contributed by atoms with Crippen LogP contribution in [0.25, 0.3) is 0 Å². The number of aliphatic hydroxyl groups excluding tert-OH is 1. The van der Waals surface area contributed by atoms with E-state index in [9.17, 15) is 14.3 Å². The molecule has 0 radical (unpaired) electrons. The van der Waals surface area contributed by atoms with Crippen LogP contribution in [0.4, 0.5) is 10.1 Å². The first-order chi connectivity index (χ1) is 10.1. The van der Waals surface area contributed by atoms with Gasteiger partial charge >= 0.3 is 0 Å². The lowest BCUT2D eigenvalue weighted by Gasteiger charge is -2.31. The molecular formula is C15H21FN2O3. The number of amides is 1. The molecular weight excluding hydrogens is 275 g/mol. The quantitative estimate of drug-likeness (QED) is 0.727. The number of fused-ring (bicyclic) bond motifs is 1. The predicted molar refractivity (Wildman–Crippen MR) is 77.8 cm³/mol. The predicted octanol–water partition coefficient (Wildman–Crippen LogP) is 0.702. The van der Waals surface area contributed by atoms with E-state index in [2.05, 4.69) is 5.32 Å². The van der Waals surface area contributed by atoms with Gasteiger partial charge in [-0.15, -0.1) is 0 Å². The molecule has 1 unspecified atom stereocenters. The highest BCUT2D eigenvalue weighted by molar-refractivity contribution is 5.96. The van der Waals surface area contributed by atoms with E-state index < -0.39 is 6.10 Å². The van der Waals surface area contributed by atoms with Gasteiger partial charge in [-0.2, -0.15) is 0 Å². The number of anilines is 1. The summed E-state index contributed by atoms with van der Waals surface area (Å²) in [6.45, 7) is 1.79. The first-order valence-electron chi connectivity index (χ1n) is 7.08. The summed E-state index contributed by atoms with van der Waals surface area (Å²) in [6, 6.07) is 4.40. The fraction of sp³-hybridized carbons (Fsp3) is 0.533. The number of carbonyl (C=O) groups excluding carboxylic acids is 1. The lowest BCUT2D eigenvalue weighted by molar-refractivity contribution is -0.119. The van der Waals surface area contributed by atoms with Crippen LogP contribution >= 0.6 is 0 Å². The zero-order chi connectivity index (χ0) is 15.2. The number of benzene rings is 1. The Hall–Kier alpha value is -1.50. The van der Waals surface area contributed by atoms with Gasteiger partial charge in [-0.1, -0.05) is 0 Å². The number of carbonyl (C=O) groups is 1. The monoisotopic (exact) mass is 296 g/mol. The molecule has 0 bridgehead atoms. The summed E-state index contributed by atoms with van der Waals surface area (Å²) in [5.74, 6) is -0.338. The van der Waals surface area contributed by atoms with E-state index in [1.165, 1.54) is 12.1 Å². The number of halogens is 1.